The van der Waals surface area contributed by atoms with Crippen molar-refractivity contribution in [3.05, 3.63) is 29.3 Å². The van der Waals surface area contributed by atoms with Crippen molar-refractivity contribution in [2.45, 2.75) is 71.1 Å². The zero-order chi connectivity index (χ0) is 18.1. The van der Waals surface area contributed by atoms with Gasteiger partial charge in [0.1, 0.15) is 11.5 Å². The van der Waals surface area contributed by atoms with Crippen LogP contribution in [0.3, 0.4) is 0 Å². The lowest BCUT2D eigenvalue weighted by Crippen LogP contribution is -2.42. The number of hydrogen-bond donors (Lipinski definition) is 0. The predicted octanol–water partition coefficient (Wildman–Crippen LogP) is 5.29. The van der Waals surface area contributed by atoms with Crippen LogP contribution in [-0.2, 0) is 11.2 Å². The van der Waals surface area contributed by atoms with Crippen molar-refractivity contribution < 1.29 is 9.53 Å². The molecule has 0 amide bonds. The van der Waals surface area contributed by atoms with E-state index in [0.717, 1.165) is 50.9 Å². The lowest BCUT2D eigenvalue weighted by Gasteiger charge is -2.48. The Bertz CT molecular complexity index is 753. The van der Waals surface area contributed by atoms with Gasteiger partial charge in [-0.1, -0.05) is 13.0 Å². The molecule has 0 saturated heterocycles. The molecule has 1 aromatic carbocycles. The van der Waals surface area contributed by atoms with Gasteiger partial charge in [-0.3, -0.25) is 4.79 Å². The van der Waals surface area contributed by atoms with Crippen LogP contribution in [0.4, 0.5) is 0 Å². The highest BCUT2D eigenvalue weighted by Crippen LogP contribution is 2.59. The van der Waals surface area contributed by atoms with Crippen LogP contribution in [0.1, 0.15) is 75.8 Å². The van der Waals surface area contributed by atoms with Crippen molar-refractivity contribution in [2.24, 2.45) is 17.3 Å². The molecule has 0 aliphatic heterocycles. The SMILES string of the molecule is CC#CCCCOc1ccc2c(c1)CCC1C2CC[C@]2(C)C(=O)CCC12. The van der Waals surface area contributed by atoms with Crippen LogP contribution in [0, 0.1) is 29.1 Å². The Kier molecular flexibility index (Phi) is 4.82. The zero-order valence-corrected chi connectivity index (χ0v) is 16.1. The molecular weight excluding hydrogens is 320 g/mol. The van der Waals surface area contributed by atoms with E-state index in [1.165, 1.54) is 24.0 Å². The zero-order valence-electron chi connectivity index (χ0n) is 16.1. The van der Waals surface area contributed by atoms with E-state index in [2.05, 4.69) is 37.0 Å². The second kappa shape index (κ2) is 7.10. The van der Waals surface area contributed by atoms with E-state index >= 15 is 0 Å². The minimum absolute atomic E-state index is 0.0247. The average Bonchev–Trinajstić information content (AvgIpc) is 2.96. The maximum Gasteiger partial charge on any atom is 0.139 e. The molecule has 0 radical (unpaired) electrons. The molecule has 2 saturated carbocycles. The summed E-state index contributed by atoms with van der Waals surface area (Å²) in [5.74, 6) is 9.51. The summed E-state index contributed by atoms with van der Waals surface area (Å²) in [6.45, 7) is 4.87. The maximum absolute atomic E-state index is 12.4. The third kappa shape index (κ3) is 2.96. The van der Waals surface area contributed by atoms with E-state index in [0.29, 0.717) is 23.5 Å². The van der Waals surface area contributed by atoms with Gasteiger partial charge < -0.3 is 4.74 Å². The summed E-state index contributed by atoms with van der Waals surface area (Å²) in [6.07, 6.45) is 8.44. The Morgan fingerprint density at radius 3 is 2.96 bits per heavy atom. The van der Waals surface area contributed by atoms with Gasteiger partial charge in [0.15, 0.2) is 0 Å². The molecule has 2 nitrogen and oxygen atoms in total. The first-order chi connectivity index (χ1) is 12.6. The van der Waals surface area contributed by atoms with Gasteiger partial charge in [0.2, 0.25) is 0 Å². The van der Waals surface area contributed by atoms with Gasteiger partial charge in [-0.15, -0.1) is 11.8 Å². The van der Waals surface area contributed by atoms with Gasteiger partial charge in [0.05, 0.1) is 6.61 Å². The third-order valence-corrected chi connectivity index (χ3v) is 7.30. The molecule has 4 atom stereocenters. The number of rotatable bonds is 4. The summed E-state index contributed by atoms with van der Waals surface area (Å²) in [5.41, 5.74) is 2.99. The average molecular weight is 351 g/mol. The number of ether oxygens (including phenoxy) is 1. The summed E-state index contributed by atoms with van der Waals surface area (Å²) in [7, 11) is 0. The summed E-state index contributed by atoms with van der Waals surface area (Å²) in [6, 6.07) is 6.73. The smallest absolute Gasteiger partial charge is 0.139 e. The van der Waals surface area contributed by atoms with Crippen molar-refractivity contribution in [1.29, 1.82) is 0 Å². The minimum Gasteiger partial charge on any atom is -0.494 e. The maximum atomic E-state index is 12.4. The Morgan fingerprint density at radius 1 is 1.23 bits per heavy atom. The van der Waals surface area contributed by atoms with Crippen molar-refractivity contribution in [3.8, 4) is 17.6 Å². The van der Waals surface area contributed by atoms with Crippen LogP contribution in [-0.4, -0.2) is 12.4 Å². The molecule has 3 aliphatic carbocycles. The summed E-state index contributed by atoms with van der Waals surface area (Å²) >= 11 is 0. The fraction of sp³-hybridized carbons (Fsp3) is 0.625. The van der Waals surface area contributed by atoms with E-state index in [1.807, 2.05) is 6.92 Å². The molecule has 138 valence electrons. The lowest BCUT2D eigenvalue weighted by atomic mass is 9.55. The van der Waals surface area contributed by atoms with E-state index < -0.39 is 0 Å². The minimum atomic E-state index is -0.0247. The summed E-state index contributed by atoms with van der Waals surface area (Å²) in [4.78, 5) is 12.4. The van der Waals surface area contributed by atoms with Gasteiger partial charge >= 0.3 is 0 Å². The highest BCUT2D eigenvalue weighted by molar-refractivity contribution is 5.87. The highest BCUT2D eigenvalue weighted by atomic mass is 16.5. The van der Waals surface area contributed by atoms with Gasteiger partial charge in [-0.25, -0.2) is 0 Å². The largest absolute Gasteiger partial charge is 0.494 e. The van der Waals surface area contributed by atoms with Crippen molar-refractivity contribution in [2.75, 3.05) is 6.61 Å². The van der Waals surface area contributed by atoms with E-state index in [9.17, 15) is 4.79 Å². The molecule has 4 rings (SSSR count). The van der Waals surface area contributed by atoms with E-state index in [1.54, 1.807) is 0 Å². The van der Waals surface area contributed by atoms with Gasteiger partial charge in [-0.05, 0) is 86.5 Å². The number of fused-ring (bicyclic) bond motifs is 5. The predicted molar refractivity (Wildman–Crippen MR) is 104 cm³/mol. The van der Waals surface area contributed by atoms with Gasteiger partial charge in [0.25, 0.3) is 0 Å². The number of hydrogen-bond acceptors (Lipinski definition) is 2. The fourth-order valence-electron chi connectivity index (χ4n) is 5.90. The molecule has 0 aromatic heterocycles. The fourth-order valence-corrected chi connectivity index (χ4v) is 5.90. The molecule has 3 aliphatic rings. The Balaban J connectivity index is 1.47. The highest BCUT2D eigenvalue weighted by Gasteiger charge is 2.54. The number of Topliss-reactive ketones (excluding diaryl/α,β-unsaturated/α-hetero) is 1. The summed E-state index contributed by atoms with van der Waals surface area (Å²) < 4.78 is 5.94. The lowest BCUT2D eigenvalue weighted by molar-refractivity contribution is -0.129. The number of benzene rings is 1. The van der Waals surface area contributed by atoms with Crippen molar-refractivity contribution in [3.63, 3.8) is 0 Å². The van der Waals surface area contributed by atoms with E-state index in [-0.39, 0.29) is 5.41 Å². The van der Waals surface area contributed by atoms with Crippen molar-refractivity contribution in [1.82, 2.24) is 0 Å². The number of carbonyl (C=O) groups is 1. The second-order valence-electron chi connectivity index (χ2n) is 8.57. The second-order valence-corrected chi connectivity index (χ2v) is 8.57. The van der Waals surface area contributed by atoms with Crippen LogP contribution >= 0.6 is 0 Å². The molecule has 3 unspecified atom stereocenters. The van der Waals surface area contributed by atoms with Crippen LogP contribution in [0.5, 0.6) is 5.75 Å². The van der Waals surface area contributed by atoms with Crippen LogP contribution in [0.15, 0.2) is 18.2 Å². The molecule has 0 N–H and O–H groups in total. The Labute approximate surface area is 157 Å². The van der Waals surface area contributed by atoms with Gasteiger partial charge in [-0.2, -0.15) is 0 Å². The van der Waals surface area contributed by atoms with Crippen LogP contribution in [0.2, 0.25) is 0 Å². The first kappa shape index (κ1) is 17.7. The molecule has 1 aromatic rings. The number of carbonyl (C=O) groups excluding carboxylic acids is 1. The first-order valence-corrected chi connectivity index (χ1v) is 10.3. The monoisotopic (exact) mass is 350 g/mol. The van der Waals surface area contributed by atoms with Gasteiger partial charge in [0, 0.05) is 18.3 Å². The third-order valence-electron chi connectivity index (χ3n) is 7.30. The molecule has 0 heterocycles. The molecule has 2 heteroatoms. The number of unbranched alkanes of at least 4 members (excludes halogenated alkanes) is 1. The molecular formula is C24H30O2. The molecule has 0 spiro atoms. The van der Waals surface area contributed by atoms with Crippen LogP contribution in [0.25, 0.3) is 0 Å². The quantitative estimate of drug-likeness (QED) is 0.544. The molecule has 26 heavy (non-hydrogen) atoms. The van der Waals surface area contributed by atoms with Crippen molar-refractivity contribution >= 4 is 5.78 Å². The van der Waals surface area contributed by atoms with E-state index in [4.69, 9.17) is 4.74 Å². The summed E-state index contributed by atoms with van der Waals surface area (Å²) in [5, 5.41) is 0. The Morgan fingerprint density at radius 2 is 2.12 bits per heavy atom. The topological polar surface area (TPSA) is 26.3 Å². The molecule has 0 bridgehead atoms. The normalized spacial score (nSPS) is 32.1. The number of aryl methyl sites for hydroxylation is 1. The standard InChI is InChI=1S/C24H30O2/c1-3-4-5-6-15-26-18-8-10-19-17(16-18)7-9-21-20(19)13-14-24(2)22(21)11-12-23(24)25/h8,10,16,20-22H,5-7,9,11-15H2,1-2H3/t20?,21?,22?,24-/m0/s1. The van der Waals surface area contributed by atoms with Crippen LogP contribution < -0.4 is 4.74 Å². The Hall–Kier alpha value is -1.75. The molecule has 2 fully saturated rings. The number of ketones is 1. The first-order valence-electron chi connectivity index (χ1n) is 10.3.